The van der Waals surface area contributed by atoms with Gasteiger partial charge in [0.25, 0.3) is 0 Å². The monoisotopic (exact) mass is 151 g/mol. The van der Waals surface area contributed by atoms with Gasteiger partial charge < -0.3 is 0 Å². The number of halogens is 1. The highest BCUT2D eigenvalue weighted by Gasteiger charge is 1.94. The Bertz CT molecular complexity index is 283. The van der Waals surface area contributed by atoms with Crippen LogP contribution in [0.3, 0.4) is 0 Å². The van der Waals surface area contributed by atoms with Gasteiger partial charge in [-0.15, -0.1) is 0 Å². The molecule has 0 saturated heterocycles. The zero-order valence-electron chi connectivity index (χ0n) is 5.70. The summed E-state index contributed by atoms with van der Waals surface area (Å²) in [5.41, 5.74) is 0.319. The lowest BCUT2D eigenvalue weighted by Crippen LogP contribution is -1.84. The topological polar surface area (TPSA) is 30.0 Å². The van der Waals surface area contributed by atoms with Crippen molar-refractivity contribution in [3.05, 3.63) is 35.9 Å². The summed E-state index contributed by atoms with van der Waals surface area (Å²) in [5, 5.41) is 0. The summed E-state index contributed by atoms with van der Waals surface area (Å²) in [6.07, 6.45) is 4.54. The van der Waals surface area contributed by atoms with E-state index in [9.17, 15) is 9.18 Å². The van der Waals surface area contributed by atoms with E-state index in [1.54, 1.807) is 12.1 Å². The molecular weight excluding hydrogens is 145 g/mol. The van der Waals surface area contributed by atoms with Gasteiger partial charge >= 0.3 is 0 Å². The van der Waals surface area contributed by atoms with Crippen LogP contribution in [0.15, 0.2) is 24.4 Å². The lowest BCUT2D eigenvalue weighted by atomic mass is 10.2. The molecule has 0 aliphatic rings. The smallest absolute Gasteiger partial charge is 0.220 e. The molecule has 0 aliphatic carbocycles. The van der Waals surface area contributed by atoms with E-state index in [0.29, 0.717) is 11.8 Å². The van der Waals surface area contributed by atoms with Crippen LogP contribution in [0.5, 0.6) is 0 Å². The van der Waals surface area contributed by atoms with Crippen LogP contribution in [0.25, 0.3) is 6.08 Å². The normalized spacial score (nSPS) is 10.3. The maximum Gasteiger partial charge on any atom is 0.220 e. The number of pyridine rings is 1. The molecule has 0 fully saturated rings. The molecule has 0 aliphatic heterocycles. The van der Waals surface area contributed by atoms with Crippen LogP contribution in [0.1, 0.15) is 5.56 Å². The second kappa shape index (κ2) is 3.61. The van der Waals surface area contributed by atoms with Crippen molar-refractivity contribution in [3.63, 3.8) is 0 Å². The number of nitrogens with zero attached hydrogens (tertiary/aromatic N) is 1. The van der Waals surface area contributed by atoms with Crippen molar-refractivity contribution in [3.8, 4) is 0 Å². The lowest BCUT2D eigenvalue weighted by molar-refractivity contribution is -0.104. The second-order valence-corrected chi connectivity index (χ2v) is 1.88. The molecule has 0 radical (unpaired) electrons. The molecule has 1 aromatic rings. The summed E-state index contributed by atoms with van der Waals surface area (Å²) < 4.78 is 12.6. The summed E-state index contributed by atoms with van der Waals surface area (Å²) in [6.45, 7) is 0. The van der Waals surface area contributed by atoms with Crippen molar-refractivity contribution in [2.45, 2.75) is 0 Å². The highest BCUT2D eigenvalue weighted by molar-refractivity contribution is 5.73. The standard InChI is InChI=1S/C8H6FNO/c9-8-7(4-2-6-11)3-1-5-10-8/h1-6H/b4-2+. The molecule has 1 aromatic heterocycles. The quantitative estimate of drug-likeness (QED) is 0.363. The largest absolute Gasteiger partial charge is 0.299 e. The molecule has 3 heteroatoms. The van der Waals surface area contributed by atoms with E-state index in [4.69, 9.17) is 0 Å². The molecule has 0 amide bonds. The summed E-state index contributed by atoms with van der Waals surface area (Å²) in [7, 11) is 0. The first-order valence-corrected chi connectivity index (χ1v) is 3.07. The van der Waals surface area contributed by atoms with Crippen LogP contribution < -0.4 is 0 Å². The van der Waals surface area contributed by atoms with E-state index >= 15 is 0 Å². The minimum atomic E-state index is -0.564. The number of hydrogen-bond donors (Lipinski definition) is 0. The zero-order chi connectivity index (χ0) is 8.10. The first-order chi connectivity index (χ1) is 5.34. The van der Waals surface area contributed by atoms with Gasteiger partial charge in [0.1, 0.15) is 6.29 Å². The number of aromatic nitrogens is 1. The van der Waals surface area contributed by atoms with Crippen LogP contribution in [-0.4, -0.2) is 11.3 Å². The third-order valence-electron chi connectivity index (χ3n) is 1.14. The SMILES string of the molecule is O=C/C=C/c1cccnc1F. The van der Waals surface area contributed by atoms with Gasteiger partial charge in [-0.1, -0.05) is 0 Å². The summed E-state index contributed by atoms with van der Waals surface area (Å²) >= 11 is 0. The Labute approximate surface area is 63.4 Å². The van der Waals surface area contributed by atoms with Gasteiger partial charge in [-0.3, -0.25) is 4.79 Å². The minimum absolute atomic E-state index is 0.319. The predicted octanol–water partition coefficient (Wildman–Crippen LogP) is 1.43. The number of hydrogen-bond acceptors (Lipinski definition) is 2. The molecule has 0 saturated carbocycles. The molecule has 56 valence electrons. The Kier molecular flexibility index (Phi) is 2.49. The van der Waals surface area contributed by atoms with Crippen molar-refractivity contribution in [2.24, 2.45) is 0 Å². The third-order valence-corrected chi connectivity index (χ3v) is 1.14. The van der Waals surface area contributed by atoms with Crippen LogP contribution in [-0.2, 0) is 4.79 Å². The van der Waals surface area contributed by atoms with Crippen LogP contribution in [0.4, 0.5) is 4.39 Å². The molecular formula is C8H6FNO. The molecule has 11 heavy (non-hydrogen) atoms. The highest BCUT2D eigenvalue weighted by Crippen LogP contribution is 2.03. The van der Waals surface area contributed by atoms with E-state index < -0.39 is 5.95 Å². The number of carbonyl (C=O) groups excluding carboxylic acids is 1. The van der Waals surface area contributed by atoms with E-state index in [2.05, 4.69) is 4.98 Å². The fourth-order valence-electron chi connectivity index (χ4n) is 0.666. The van der Waals surface area contributed by atoms with Crippen LogP contribution in [0, 0.1) is 5.95 Å². The first kappa shape index (κ1) is 7.60. The van der Waals surface area contributed by atoms with Gasteiger partial charge in [0.2, 0.25) is 5.95 Å². The van der Waals surface area contributed by atoms with Crippen molar-refractivity contribution in [1.82, 2.24) is 4.98 Å². The molecule has 0 spiro atoms. The number of carbonyl (C=O) groups is 1. The Morgan fingerprint density at radius 2 is 2.36 bits per heavy atom. The fourth-order valence-corrected chi connectivity index (χ4v) is 0.666. The van der Waals surface area contributed by atoms with Crippen LogP contribution >= 0.6 is 0 Å². The van der Waals surface area contributed by atoms with Gasteiger partial charge in [-0.05, 0) is 24.3 Å². The van der Waals surface area contributed by atoms with E-state index in [1.807, 2.05) is 0 Å². The van der Waals surface area contributed by atoms with Gasteiger partial charge in [-0.2, -0.15) is 4.39 Å². The van der Waals surface area contributed by atoms with Crippen molar-refractivity contribution >= 4 is 12.4 Å². The molecule has 0 N–H and O–H groups in total. The van der Waals surface area contributed by atoms with E-state index in [-0.39, 0.29) is 0 Å². The number of allylic oxidation sites excluding steroid dienone is 1. The Morgan fingerprint density at radius 1 is 1.55 bits per heavy atom. The molecule has 1 rings (SSSR count). The van der Waals surface area contributed by atoms with Crippen molar-refractivity contribution in [2.75, 3.05) is 0 Å². The summed E-state index contributed by atoms with van der Waals surface area (Å²) in [4.78, 5) is 13.3. The number of rotatable bonds is 2. The minimum Gasteiger partial charge on any atom is -0.299 e. The van der Waals surface area contributed by atoms with Crippen molar-refractivity contribution < 1.29 is 9.18 Å². The van der Waals surface area contributed by atoms with Gasteiger partial charge in [0.15, 0.2) is 0 Å². The van der Waals surface area contributed by atoms with Crippen LogP contribution in [0.2, 0.25) is 0 Å². The molecule has 0 aromatic carbocycles. The van der Waals surface area contributed by atoms with Crippen molar-refractivity contribution in [1.29, 1.82) is 0 Å². The average Bonchev–Trinajstić information content (AvgIpc) is 2.03. The molecule has 2 nitrogen and oxygen atoms in total. The second-order valence-electron chi connectivity index (χ2n) is 1.88. The molecule has 1 heterocycles. The van der Waals surface area contributed by atoms with E-state index in [1.165, 1.54) is 18.3 Å². The first-order valence-electron chi connectivity index (χ1n) is 3.07. The Morgan fingerprint density at radius 3 is 3.00 bits per heavy atom. The molecule has 0 unspecified atom stereocenters. The average molecular weight is 151 g/mol. The van der Waals surface area contributed by atoms with E-state index in [0.717, 1.165) is 0 Å². The fraction of sp³-hybridized carbons (Fsp3) is 0. The zero-order valence-corrected chi connectivity index (χ0v) is 5.70. The lowest BCUT2D eigenvalue weighted by Gasteiger charge is -1.91. The Balaban J connectivity index is 2.94. The highest BCUT2D eigenvalue weighted by atomic mass is 19.1. The molecule has 0 atom stereocenters. The van der Waals surface area contributed by atoms with Gasteiger partial charge in [-0.25, -0.2) is 4.98 Å². The van der Waals surface area contributed by atoms with Gasteiger partial charge in [0, 0.05) is 11.8 Å². The van der Waals surface area contributed by atoms with Gasteiger partial charge in [0.05, 0.1) is 0 Å². The molecule has 0 bridgehead atoms. The maximum atomic E-state index is 12.6. The third kappa shape index (κ3) is 1.97. The Hall–Kier alpha value is -1.51. The predicted molar refractivity (Wildman–Crippen MR) is 39.3 cm³/mol. The number of aldehydes is 1. The maximum absolute atomic E-state index is 12.6. The summed E-state index contributed by atoms with van der Waals surface area (Å²) in [6, 6.07) is 3.15. The summed E-state index contributed by atoms with van der Waals surface area (Å²) in [5.74, 6) is -0.564.